The van der Waals surface area contributed by atoms with Gasteiger partial charge in [0.05, 0.1) is 0 Å². The van der Waals surface area contributed by atoms with Gasteiger partial charge in [0.25, 0.3) is 0 Å². The van der Waals surface area contributed by atoms with E-state index in [1.165, 1.54) is 0 Å². The van der Waals surface area contributed by atoms with E-state index in [9.17, 15) is 0 Å². The normalized spacial score (nSPS) is 11.0. The number of aromatic nitrogens is 3. The maximum absolute atomic E-state index is 4.23. The molecule has 0 amide bonds. The maximum atomic E-state index is 4.23. The van der Waals surface area contributed by atoms with Crippen molar-refractivity contribution in [3.05, 3.63) is 30.3 Å². The minimum Gasteiger partial charge on any atom is -0.305 e. The molecule has 2 rings (SSSR count). The Hall–Kier alpha value is -1.29. The van der Waals surface area contributed by atoms with Gasteiger partial charge in [-0.1, -0.05) is 55.9 Å². The lowest BCUT2D eigenvalue weighted by atomic mass is 10.2. The van der Waals surface area contributed by atoms with Crippen molar-refractivity contribution in [1.82, 2.24) is 14.8 Å². The second-order valence-electron chi connectivity index (χ2n) is 3.90. The molecule has 4 heteroatoms. The number of benzene rings is 1. The van der Waals surface area contributed by atoms with Gasteiger partial charge in [0, 0.05) is 17.9 Å². The summed E-state index contributed by atoms with van der Waals surface area (Å²) in [6.07, 6.45) is 0. The fourth-order valence-electron chi connectivity index (χ4n) is 1.47. The van der Waals surface area contributed by atoms with Crippen LogP contribution in [-0.2, 0) is 7.05 Å². The molecular formula is C12H15N3S. The van der Waals surface area contributed by atoms with Crippen molar-refractivity contribution < 1.29 is 0 Å². The molecule has 84 valence electrons. The molecule has 0 saturated heterocycles. The van der Waals surface area contributed by atoms with Crippen molar-refractivity contribution in [3.8, 4) is 11.4 Å². The molecule has 0 atom stereocenters. The zero-order valence-corrected chi connectivity index (χ0v) is 10.5. The molecule has 16 heavy (non-hydrogen) atoms. The van der Waals surface area contributed by atoms with Crippen molar-refractivity contribution >= 4 is 11.8 Å². The third-order valence-electron chi connectivity index (χ3n) is 2.21. The van der Waals surface area contributed by atoms with Crippen molar-refractivity contribution in [2.75, 3.05) is 0 Å². The Morgan fingerprint density at radius 2 is 1.81 bits per heavy atom. The molecule has 0 aliphatic carbocycles. The number of thioether (sulfide) groups is 1. The van der Waals surface area contributed by atoms with Crippen LogP contribution in [0.5, 0.6) is 0 Å². The molecule has 2 aromatic rings. The summed E-state index contributed by atoms with van der Waals surface area (Å²) in [5.41, 5.74) is 1.10. The summed E-state index contributed by atoms with van der Waals surface area (Å²) >= 11 is 1.73. The van der Waals surface area contributed by atoms with Crippen LogP contribution in [-0.4, -0.2) is 20.0 Å². The first-order chi connectivity index (χ1) is 7.68. The van der Waals surface area contributed by atoms with Gasteiger partial charge >= 0.3 is 0 Å². The van der Waals surface area contributed by atoms with Crippen molar-refractivity contribution in [3.63, 3.8) is 0 Å². The van der Waals surface area contributed by atoms with Gasteiger partial charge in [0.2, 0.25) is 0 Å². The maximum Gasteiger partial charge on any atom is 0.191 e. The van der Waals surface area contributed by atoms with Gasteiger partial charge in [-0.25, -0.2) is 0 Å². The zero-order chi connectivity index (χ0) is 11.5. The molecule has 0 saturated carbocycles. The number of hydrogen-bond acceptors (Lipinski definition) is 3. The van der Waals surface area contributed by atoms with Crippen LogP contribution in [0.3, 0.4) is 0 Å². The van der Waals surface area contributed by atoms with Crippen LogP contribution in [0.4, 0.5) is 0 Å². The highest BCUT2D eigenvalue weighted by molar-refractivity contribution is 7.99. The van der Waals surface area contributed by atoms with E-state index < -0.39 is 0 Å². The molecule has 0 aliphatic rings. The standard InChI is InChI=1S/C12H15N3S/c1-9(2)16-12-14-13-11(15(12)3)10-7-5-4-6-8-10/h4-9H,1-3H3. The molecule has 0 spiro atoms. The van der Waals surface area contributed by atoms with Gasteiger partial charge in [-0.05, 0) is 0 Å². The van der Waals surface area contributed by atoms with E-state index in [2.05, 4.69) is 24.0 Å². The van der Waals surface area contributed by atoms with Crippen LogP contribution >= 0.6 is 11.8 Å². The Morgan fingerprint density at radius 3 is 2.44 bits per heavy atom. The van der Waals surface area contributed by atoms with E-state index in [1.54, 1.807) is 11.8 Å². The summed E-state index contributed by atoms with van der Waals surface area (Å²) in [6.45, 7) is 4.31. The quantitative estimate of drug-likeness (QED) is 0.764. The molecule has 1 aromatic carbocycles. The SMILES string of the molecule is CC(C)Sc1nnc(-c2ccccc2)n1C. The van der Waals surface area contributed by atoms with Crippen LogP contribution in [0.15, 0.2) is 35.5 Å². The highest BCUT2D eigenvalue weighted by Crippen LogP contribution is 2.24. The van der Waals surface area contributed by atoms with Crippen molar-refractivity contribution in [2.24, 2.45) is 7.05 Å². The van der Waals surface area contributed by atoms with E-state index in [-0.39, 0.29) is 0 Å². The van der Waals surface area contributed by atoms with Gasteiger partial charge in [-0.2, -0.15) is 0 Å². The lowest BCUT2D eigenvalue weighted by molar-refractivity contribution is 0.790. The zero-order valence-electron chi connectivity index (χ0n) is 9.71. The average Bonchev–Trinajstić information content (AvgIpc) is 2.61. The summed E-state index contributed by atoms with van der Waals surface area (Å²) in [4.78, 5) is 0. The second-order valence-corrected chi connectivity index (χ2v) is 5.44. The van der Waals surface area contributed by atoms with E-state index >= 15 is 0 Å². The molecule has 1 aromatic heterocycles. The highest BCUT2D eigenvalue weighted by Gasteiger charge is 2.11. The minimum absolute atomic E-state index is 0.520. The molecule has 1 heterocycles. The summed E-state index contributed by atoms with van der Waals surface area (Å²) < 4.78 is 2.04. The fourth-order valence-corrected chi connectivity index (χ4v) is 2.22. The summed E-state index contributed by atoms with van der Waals surface area (Å²) in [5.74, 6) is 0.920. The Kier molecular flexibility index (Phi) is 3.29. The first-order valence-corrected chi connectivity index (χ1v) is 6.18. The van der Waals surface area contributed by atoms with E-state index in [4.69, 9.17) is 0 Å². The number of rotatable bonds is 3. The largest absolute Gasteiger partial charge is 0.305 e. The van der Waals surface area contributed by atoms with Gasteiger partial charge in [-0.3, -0.25) is 0 Å². The van der Waals surface area contributed by atoms with Gasteiger partial charge in [-0.15, -0.1) is 10.2 Å². The van der Waals surface area contributed by atoms with Crippen LogP contribution in [0.1, 0.15) is 13.8 Å². The molecule has 0 fully saturated rings. The van der Waals surface area contributed by atoms with E-state index in [1.807, 2.05) is 41.9 Å². The molecule has 0 unspecified atom stereocenters. The average molecular weight is 233 g/mol. The number of hydrogen-bond donors (Lipinski definition) is 0. The van der Waals surface area contributed by atoms with E-state index in [0.29, 0.717) is 5.25 Å². The Balaban J connectivity index is 2.34. The van der Waals surface area contributed by atoms with Gasteiger partial charge < -0.3 is 4.57 Å². The lowest BCUT2D eigenvalue weighted by Gasteiger charge is -2.05. The lowest BCUT2D eigenvalue weighted by Crippen LogP contribution is -1.97. The first kappa shape index (κ1) is 11.2. The van der Waals surface area contributed by atoms with Gasteiger partial charge in [0.1, 0.15) is 0 Å². The highest BCUT2D eigenvalue weighted by atomic mass is 32.2. The predicted molar refractivity (Wildman–Crippen MR) is 67.4 cm³/mol. The van der Waals surface area contributed by atoms with Crippen LogP contribution in [0, 0.1) is 0 Å². The van der Waals surface area contributed by atoms with Crippen LogP contribution in [0.25, 0.3) is 11.4 Å². The smallest absolute Gasteiger partial charge is 0.191 e. The predicted octanol–water partition coefficient (Wildman–Crippen LogP) is 2.98. The summed E-state index contributed by atoms with van der Waals surface area (Å²) in [7, 11) is 2.01. The van der Waals surface area contributed by atoms with Gasteiger partial charge in [0.15, 0.2) is 11.0 Å². The van der Waals surface area contributed by atoms with Crippen LogP contribution in [0.2, 0.25) is 0 Å². The Labute approximate surface area is 99.9 Å². The van der Waals surface area contributed by atoms with E-state index in [0.717, 1.165) is 16.5 Å². The third kappa shape index (κ3) is 2.27. The second kappa shape index (κ2) is 4.70. The molecule has 0 radical (unpaired) electrons. The van der Waals surface area contributed by atoms with Crippen LogP contribution < -0.4 is 0 Å². The molecule has 3 nitrogen and oxygen atoms in total. The topological polar surface area (TPSA) is 30.7 Å². The minimum atomic E-state index is 0.520. The molecule has 0 aliphatic heterocycles. The first-order valence-electron chi connectivity index (χ1n) is 5.30. The third-order valence-corrected chi connectivity index (χ3v) is 3.25. The van der Waals surface area contributed by atoms with Crippen molar-refractivity contribution in [1.29, 1.82) is 0 Å². The number of nitrogens with zero attached hydrogens (tertiary/aromatic N) is 3. The molecule has 0 bridgehead atoms. The Bertz CT molecular complexity index is 462. The fraction of sp³-hybridized carbons (Fsp3) is 0.333. The summed E-state index contributed by atoms with van der Waals surface area (Å²) in [5, 5.41) is 9.93. The van der Waals surface area contributed by atoms with Crippen molar-refractivity contribution in [2.45, 2.75) is 24.3 Å². The summed E-state index contributed by atoms with van der Waals surface area (Å²) in [6, 6.07) is 10.1. The molecule has 0 N–H and O–H groups in total. The molecular weight excluding hydrogens is 218 g/mol. The Morgan fingerprint density at radius 1 is 1.12 bits per heavy atom. The monoisotopic (exact) mass is 233 g/mol.